The molecule has 1 aromatic rings. The second kappa shape index (κ2) is 6.58. The highest BCUT2D eigenvalue weighted by molar-refractivity contribution is 8.01. The molecule has 0 amide bonds. The Morgan fingerprint density at radius 2 is 2.21 bits per heavy atom. The number of fused-ring (bicyclic) bond motifs is 1. The maximum absolute atomic E-state index is 10.9. The molecule has 0 aromatic carbocycles. The molecule has 4 nitrogen and oxygen atoms in total. The predicted octanol–water partition coefficient (Wildman–Crippen LogP) is 2.20. The van der Waals surface area contributed by atoms with Gasteiger partial charge in [-0.05, 0) is 36.4 Å². The molecule has 19 heavy (non-hydrogen) atoms. The Hall–Kier alpha value is -0.0800. The monoisotopic (exact) mass is 320 g/mol. The quantitative estimate of drug-likeness (QED) is 0.789. The highest BCUT2D eigenvalue weighted by Crippen LogP contribution is 2.43. The number of nitrogens with one attached hydrogen (secondary N) is 2. The molecule has 1 aliphatic heterocycles. The Morgan fingerprint density at radius 1 is 1.42 bits per heavy atom. The van der Waals surface area contributed by atoms with Crippen LogP contribution in [-0.2, 0) is 10.0 Å². The van der Waals surface area contributed by atoms with E-state index >= 15 is 0 Å². The van der Waals surface area contributed by atoms with Crippen molar-refractivity contribution in [1.82, 2.24) is 10.0 Å². The maximum Gasteiger partial charge on any atom is 0.208 e. The van der Waals surface area contributed by atoms with E-state index in [1.165, 1.54) is 16.0 Å². The van der Waals surface area contributed by atoms with Gasteiger partial charge in [0.1, 0.15) is 0 Å². The molecule has 0 bridgehead atoms. The zero-order valence-electron chi connectivity index (χ0n) is 11.2. The van der Waals surface area contributed by atoms with E-state index in [-0.39, 0.29) is 0 Å². The fourth-order valence-corrected chi connectivity index (χ4v) is 5.25. The molecule has 2 N–H and O–H groups in total. The predicted molar refractivity (Wildman–Crippen MR) is 82.5 cm³/mol. The largest absolute Gasteiger partial charge is 0.310 e. The average molecular weight is 321 g/mol. The van der Waals surface area contributed by atoms with E-state index < -0.39 is 10.0 Å². The van der Waals surface area contributed by atoms with E-state index in [1.54, 1.807) is 0 Å². The minimum atomic E-state index is -3.06. The molecule has 2 heterocycles. The standard InChI is InChI=1S/C12H20N2O2S3/c1-9-8-11(10-4-7-17-12(10)18-9)13-5-3-6-14-19(2,15)16/h4,7,9,11,13-14H,3,5-6,8H2,1-2H3/t9-,11?/m0/s1. The van der Waals surface area contributed by atoms with Crippen molar-refractivity contribution in [3.05, 3.63) is 17.0 Å². The van der Waals surface area contributed by atoms with Crippen molar-refractivity contribution >= 4 is 33.1 Å². The summed E-state index contributed by atoms with van der Waals surface area (Å²) in [6, 6.07) is 2.61. The fraction of sp³-hybridized carbons (Fsp3) is 0.667. The molecular formula is C12H20N2O2S3. The summed E-state index contributed by atoms with van der Waals surface area (Å²) in [5.41, 5.74) is 1.41. The molecular weight excluding hydrogens is 300 g/mol. The Morgan fingerprint density at radius 3 is 2.95 bits per heavy atom. The molecule has 0 aliphatic carbocycles. The van der Waals surface area contributed by atoms with Crippen LogP contribution in [0.4, 0.5) is 0 Å². The third-order valence-corrected chi connectivity index (χ3v) is 6.09. The van der Waals surface area contributed by atoms with Crippen molar-refractivity contribution in [3.8, 4) is 0 Å². The Balaban J connectivity index is 1.78. The molecule has 7 heteroatoms. The Labute approximate surface area is 123 Å². The maximum atomic E-state index is 10.9. The van der Waals surface area contributed by atoms with Gasteiger partial charge < -0.3 is 5.32 Å². The van der Waals surface area contributed by atoms with Crippen LogP contribution in [0.2, 0.25) is 0 Å². The summed E-state index contributed by atoms with van der Waals surface area (Å²) in [7, 11) is -3.06. The van der Waals surface area contributed by atoms with Crippen molar-refractivity contribution in [2.75, 3.05) is 19.3 Å². The van der Waals surface area contributed by atoms with Crippen LogP contribution in [0.25, 0.3) is 0 Å². The van der Waals surface area contributed by atoms with Gasteiger partial charge in [0.15, 0.2) is 0 Å². The van der Waals surface area contributed by atoms with Crippen LogP contribution in [0.3, 0.4) is 0 Å². The summed E-state index contributed by atoms with van der Waals surface area (Å²) < 4.78 is 25.8. The number of thioether (sulfide) groups is 1. The molecule has 0 spiro atoms. The molecule has 2 atom stereocenters. The third kappa shape index (κ3) is 4.75. The smallest absolute Gasteiger partial charge is 0.208 e. The van der Waals surface area contributed by atoms with Crippen molar-refractivity contribution < 1.29 is 8.42 Å². The van der Waals surface area contributed by atoms with Gasteiger partial charge in [0, 0.05) is 17.8 Å². The lowest BCUT2D eigenvalue weighted by Crippen LogP contribution is -2.30. The van der Waals surface area contributed by atoms with Crippen molar-refractivity contribution in [2.24, 2.45) is 0 Å². The minimum Gasteiger partial charge on any atom is -0.310 e. The summed E-state index contributed by atoms with van der Waals surface area (Å²) in [6.45, 7) is 3.59. The van der Waals surface area contributed by atoms with E-state index in [0.717, 1.165) is 19.4 Å². The summed E-state index contributed by atoms with van der Waals surface area (Å²) in [4.78, 5) is 0. The number of rotatable bonds is 6. The first-order chi connectivity index (χ1) is 8.96. The molecule has 108 valence electrons. The number of hydrogen-bond acceptors (Lipinski definition) is 5. The van der Waals surface area contributed by atoms with Gasteiger partial charge in [-0.2, -0.15) is 0 Å². The van der Waals surface area contributed by atoms with Gasteiger partial charge in [-0.3, -0.25) is 0 Å². The van der Waals surface area contributed by atoms with E-state index in [0.29, 0.717) is 17.8 Å². The first kappa shape index (κ1) is 15.3. The van der Waals surface area contributed by atoms with Gasteiger partial charge in [0.25, 0.3) is 0 Å². The Kier molecular flexibility index (Phi) is 5.30. The summed E-state index contributed by atoms with van der Waals surface area (Å²) in [5, 5.41) is 6.32. The SMILES string of the molecule is C[C@H]1CC(NCCCNS(C)(=O)=O)c2ccsc2S1. The van der Waals surface area contributed by atoms with E-state index in [9.17, 15) is 8.42 Å². The minimum absolute atomic E-state index is 0.413. The Bertz CT molecular complexity index is 513. The lowest BCUT2D eigenvalue weighted by atomic mass is 10.0. The first-order valence-electron chi connectivity index (χ1n) is 6.38. The molecule has 1 aliphatic rings. The number of sulfonamides is 1. The van der Waals surface area contributed by atoms with E-state index in [4.69, 9.17) is 0 Å². The molecule has 0 radical (unpaired) electrons. The van der Waals surface area contributed by atoms with Gasteiger partial charge in [0.05, 0.1) is 10.5 Å². The van der Waals surface area contributed by atoms with Crippen LogP contribution < -0.4 is 10.0 Å². The van der Waals surface area contributed by atoms with Crippen molar-refractivity contribution in [2.45, 2.75) is 35.3 Å². The second-order valence-corrected chi connectivity index (χ2v) is 9.31. The first-order valence-corrected chi connectivity index (χ1v) is 10.0. The molecule has 0 fully saturated rings. The molecule has 2 rings (SSSR count). The highest BCUT2D eigenvalue weighted by atomic mass is 32.2. The van der Waals surface area contributed by atoms with Crippen LogP contribution >= 0.6 is 23.1 Å². The van der Waals surface area contributed by atoms with Crippen LogP contribution in [0.5, 0.6) is 0 Å². The van der Waals surface area contributed by atoms with Gasteiger partial charge in [-0.1, -0.05) is 6.92 Å². The number of thiophene rings is 1. The lowest BCUT2D eigenvalue weighted by molar-refractivity contribution is 0.481. The number of hydrogen-bond donors (Lipinski definition) is 2. The van der Waals surface area contributed by atoms with Gasteiger partial charge in [0.2, 0.25) is 10.0 Å². The average Bonchev–Trinajstić information content (AvgIpc) is 2.74. The van der Waals surface area contributed by atoms with Crippen molar-refractivity contribution in [3.63, 3.8) is 0 Å². The molecule has 0 saturated heterocycles. The van der Waals surface area contributed by atoms with Crippen LogP contribution in [0.1, 0.15) is 31.4 Å². The normalized spacial score (nSPS) is 23.3. The second-order valence-electron chi connectivity index (χ2n) is 4.85. The zero-order chi connectivity index (χ0) is 13.9. The van der Waals surface area contributed by atoms with E-state index in [2.05, 4.69) is 28.4 Å². The van der Waals surface area contributed by atoms with Gasteiger partial charge in [-0.15, -0.1) is 23.1 Å². The fourth-order valence-electron chi connectivity index (χ4n) is 2.16. The molecule has 0 saturated carbocycles. The molecule has 1 aromatic heterocycles. The van der Waals surface area contributed by atoms with Crippen LogP contribution in [-0.4, -0.2) is 33.0 Å². The summed E-state index contributed by atoms with van der Waals surface area (Å²) in [5.74, 6) is 0. The van der Waals surface area contributed by atoms with Gasteiger partial charge >= 0.3 is 0 Å². The third-order valence-electron chi connectivity index (χ3n) is 3.02. The van der Waals surface area contributed by atoms with Crippen LogP contribution in [0, 0.1) is 0 Å². The van der Waals surface area contributed by atoms with Crippen LogP contribution in [0.15, 0.2) is 15.7 Å². The zero-order valence-corrected chi connectivity index (χ0v) is 13.6. The summed E-state index contributed by atoms with van der Waals surface area (Å²) >= 11 is 3.77. The van der Waals surface area contributed by atoms with E-state index in [1.807, 2.05) is 23.1 Å². The molecule has 1 unspecified atom stereocenters. The lowest BCUT2D eigenvalue weighted by Gasteiger charge is -2.27. The topological polar surface area (TPSA) is 58.2 Å². The van der Waals surface area contributed by atoms with Crippen molar-refractivity contribution in [1.29, 1.82) is 0 Å². The highest BCUT2D eigenvalue weighted by Gasteiger charge is 2.25. The summed E-state index contributed by atoms with van der Waals surface area (Å²) in [6.07, 6.45) is 3.14. The van der Waals surface area contributed by atoms with Gasteiger partial charge in [-0.25, -0.2) is 13.1 Å².